The molecule has 0 saturated heterocycles. The second kappa shape index (κ2) is 3.44. The van der Waals surface area contributed by atoms with Crippen LogP contribution in [0.5, 0.6) is 0 Å². The van der Waals surface area contributed by atoms with Gasteiger partial charge < -0.3 is 24.6 Å². The number of rotatable bonds is 3. The molecule has 1 heterocycles. The van der Waals surface area contributed by atoms with Gasteiger partial charge in [0.2, 0.25) is 5.82 Å². The average Bonchev–Trinajstić information content (AvgIpc) is 2.42. The number of imidazole rings is 1. The summed E-state index contributed by atoms with van der Waals surface area (Å²) in [5.74, 6) is -1.96. The Balaban J connectivity index is 3.45. The number of carboxylic acid groups (broad SMARTS) is 1. The molecule has 0 bridgehead atoms. The third-order valence-corrected chi connectivity index (χ3v) is 1.82. The molecule has 1 aromatic rings. The van der Waals surface area contributed by atoms with Crippen LogP contribution >= 0.6 is 0 Å². The van der Waals surface area contributed by atoms with E-state index in [1.54, 1.807) is 6.92 Å². The smallest absolute Gasteiger partial charge is 0.391 e. The van der Waals surface area contributed by atoms with Crippen LogP contribution in [0.25, 0.3) is 0 Å². The molecule has 0 fully saturated rings. The van der Waals surface area contributed by atoms with Crippen LogP contribution in [0.2, 0.25) is 0 Å². The zero-order chi connectivity index (χ0) is 10.9. The van der Waals surface area contributed by atoms with E-state index >= 15 is 0 Å². The molecule has 0 aliphatic heterocycles. The number of aryl methyl sites for hydroxylation is 1. The maximum absolute atomic E-state index is 10.6. The van der Waals surface area contributed by atoms with Gasteiger partial charge >= 0.3 is 5.82 Å². The summed E-state index contributed by atoms with van der Waals surface area (Å²) >= 11 is 0. The van der Waals surface area contributed by atoms with Crippen LogP contribution in [0.3, 0.4) is 0 Å². The molecular formula is C7H8N3O4-. The lowest BCUT2D eigenvalue weighted by Crippen LogP contribution is -2.26. The highest BCUT2D eigenvalue weighted by Gasteiger charge is 2.24. The first-order valence-corrected chi connectivity index (χ1v) is 3.91. The third kappa shape index (κ3) is 1.43. The summed E-state index contributed by atoms with van der Waals surface area (Å²) < 4.78 is 1.23. The Labute approximate surface area is 79.1 Å². The summed E-state index contributed by atoms with van der Waals surface area (Å²) in [5.41, 5.74) is -0.477. The molecule has 7 nitrogen and oxygen atoms in total. The topological polar surface area (TPSA) is 101 Å². The number of nitro groups is 1. The summed E-state index contributed by atoms with van der Waals surface area (Å²) in [6.45, 7) is 3.48. The number of carbonyl (C=O) groups excluding carboxylic acids is 1. The quantitative estimate of drug-likeness (QED) is 0.480. The predicted octanol–water partition coefficient (Wildman–Crippen LogP) is -0.517. The van der Waals surface area contributed by atoms with E-state index in [1.807, 2.05) is 0 Å². The van der Waals surface area contributed by atoms with Crippen molar-refractivity contribution >= 4 is 11.8 Å². The lowest BCUT2D eigenvalue weighted by molar-refractivity contribution is -0.390. The van der Waals surface area contributed by atoms with Gasteiger partial charge in [0.05, 0.1) is 5.97 Å². The average molecular weight is 198 g/mol. The number of carboxylic acids is 1. The molecule has 0 radical (unpaired) electrons. The maximum atomic E-state index is 10.6. The van der Waals surface area contributed by atoms with Gasteiger partial charge in [0.15, 0.2) is 5.69 Å². The Morgan fingerprint density at radius 3 is 2.57 bits per heavy atom. The largest absolute Gasteiger partial charge is 0.543 e. The molecule has 0 N–H and O–H groups in total. The van der Waals surface area contributed by atoms with E-state index in [9.17, 15) is 20.0 Å². The minimum atomic E-state index is -1.58. The third-order valence-electron chi connectivity index (χ3n) is 1.82. The molecule has 0 saturated carbocycles. The fraction of sp³-hybridized carbons (Fsp3) is 0.429. The Morgan fingerprint density at radius 1 is 1.64 bits per heavy atom. The number of carbonyl (C=O) groups is 1. The van der Waals surface area contributed by atoms with Crippen molar-refractivity contribution in [3.8, 4) is 0 Å². The summed E-state index contributed by atoms with van der Waals surface area (Å²) in [7, 11) is 0. The molecule has 0 aliphatic carbocycles. The molecular weight excluding hydrogens is 190 g/mol. The molecule has 0 aliphatic rings. The number of nitrogens with zero attached hydrogens (tertiary/aromatic N) is 3. The van der Waals surface area contributed by atoms with Crippen molar-refractivity contribution in [3.63, 3.8) is 0 Å². The van der Waals surface area contributed by atoms with E-state index in [0.717, 1.165) is 0 Å². The zero-order valence-electron chi connectivity index (χ0n) is 7.68. The van der Waals surface area contributed by atoms with Crippen LogP contribution in [0.15, 0.2) is 0 Å². The number of hydrogen-bond donors (Lipinski definition) is 0. The van der Waals surface area contributed by atoms with Crippen LogP contribution < -0.4 is 5.11 Å². The van der Waals surface area contributed by atoms with Gasteiger partial charge in [-0.3, -0.25) is 0 Å². The highest BCUT2D eigenvalue weighted by Crippen LogP contribution is 2.18. The van der Waals surface area contributed by atoms with Gasteiger partial charge in [0.1, 0.15) is 0 Å². The number of hydrogen-bond acceptors (Lipinski definition) is 5. The van der Waals surface area contributed by atoms with Crippen molar-refractivity contribution in [2.24, 2.45) is 0 Å². The first-order chi connectivity index (χ1) is 6.49. The van der Waals surface area contributed by atoms with Crippen LogP contribution in [-0.4, -0.2) is 20.4 Å². The molecule has 1 rings (SSSR count). The van der Waals surface area contributed by atoms with E-state index in [4.69, 9.17) is 0 Å². The van der Waals surface area contributed by atoms with Crippen molar-refractivity contribution in [3.05, 3.63) is 21.6 Å². The van der Waals surface area contributed by atoms with Gasteiger partial charge in [0, 0.05) is 13.5 Å². The van der Waals surface area contributed by atoms with Gasteiger partial charge in [-0.15, -0.1) is 0 Å². The minimum Gasteiger partial charge on any atom is -0.543 e. The molecule has 0 amide bonds. The van der Waals surface area contributed by atoms with Crippen molar-refractivity contribution in [2.45, 2.75) is 20.4 Å². The van der Waals surface area contributed by atoms with Crippen LogP contribution in [-0.2, 0) is 6.54 Å². The van der Waals surface area contributed by atoms with Gasteiger partial charge in [-0.1, -0.05) is 0 Å². The van der Waals surface area contributed by atoms with Gasteiger partial charge in [-0.05, 0) is 16.8 Å². The maximum Gasteiger partial charge on any atom is 0.391 e. The van der Waals surface area contributed by atoms with Crippen LogP contribution in [0, 0.1) is 17.0 Å². The second-order valence-corrected chi connectivity index (χ2v) is 2.62. The van der Waals surface area contributed by atoms with E-state index in [-0.39, 0.29) is 0 Å². The first-order valence-electron chi connectivity index (χ1n) is 3.91. The van der Waals surface area contributed by atoms with Gasteiger partial charge in [-0.25, -0.2) is 0 Å². The first kappa shape index (κ1) is 10.2. The monoisotopic (exact) mass is 198 g/mol. The SMILES string of the molecule is CCn1c(C)nc([N+](=O)[O-])c1C(=O)[O-]. The van der Waals surface area contributed by atoms with Gasteiger partial charge in [0.25, 0.3) is 0 Å². The molecule has 0 unspecified atom stereocenters. The van der Waals surface area contributed by atoms with Gasteiger partial charge in [-0.2, -0.15) is 0 Å². The molecule has 0 spiro atoms. The fourth-order valence-electron chi connectivity index (χ4n) is 1.26. The van der Waals surface area contributed by atoms with E-state index in [2.05, 4.69) is 4.98 Å². The number of aromatic carboxylic acids is 1. The molecule has 14 heavy (non-hydrogen) atoms. The summed E-state index contributed by atoms with van der Waals surface area (Å²) in [6, 6.07) is 0. The van der Waals surface area contributed by atoms with E-state index in [1.165, 1.54) is 11.5 Å². The van der Waals surface area contributed by atoms with Crippen molar-refractivity contribution in [1.29, 1.82) is 0 Å². The van der Waals surface area contributed by atoms with Crippen LogP contribution in [0.4, 0.5) is 5.82 Å². The lowest BCUT2D eigenvalue weighted by atomic mass is 10.4. The van der Waals surface area contributed by atoms with Crippen molar-refractivity contribution < 1.29 is 14.8 Å². The highest BCUT2D eigenvalue weighted by molar-refractivity contribution is 5.88. The molecule has 0 aromatic carbocycles. The fourth-order valence-corrected chi connectivity index (χ4v) is 1.26. The van der Waals surface area contributed by atoms with E-state index in [0.29, 0.717) is 12.4 Å². The zero-order valence-corrected chi connectivity index (χ0v) is 7.68. The second-order valence-electron chi connectivity index (χ2n) is 2.62. The van der Waals surface area contributed by atoms with Crippen molar-refractivity contribution in [1.82, 2.24) is 9.55 Å². The van der Waals surface area contributed by atoms with Crippen molar-refractivity contribution in [2.75, 3.05) is 0 Å². The normalized spacial score (nSPS) is 10.1. The lowest BCUT2D eigenvalue weighted by Gasteiger charge is -2.04. The molecule has 0 atom stereocenters. The molecule has 76 valence electrons. The highest BCUT2D eigenvalue weighted by atomic mass is 16.6. The summed E-state index contributed by atoms with van der Waals surface area (Å²) in [6.07, 6.45) is 0. The summed E-state index contributed by atoms with van der Waals surface area (Å²) in [5, 5.41) is 21.1. The Morgan fingerprint density at radius 2 is 2.21 bits per heavy atom. The molecule has 1 aromatic heterocycles. The standard InChI is InChI=1S/C7H9N3O4/c1-3-9-4(2)8-6(10(13)14)5(9)7(11)12/h3H2,1-2H3,(H,11,12)/p-1. The predicted molar refractivity (Wildman–Crippen MR) is 43.6 cm³/mol. The Kier molecular flexibility index (Phi) is 2.50. The van der Waals surface area contributed by atoms with Crippen LogP contribution in [0.1, 0.15) is 23.2 Å². The van der Waals surface area contributed by atoms with E-state index < -0.39 is 22.4 Å². The number of aromatic nitrogens is 2. The molecule has 7 heteroatoms. The Bertz CT molecular complexity index is 396. The minimum absolute atomic E-state index is 0.290. The summed E-state index contributed by atoms with van der Waals surface area (Å²) in [4.78, 5) is 23.8. The Hall–Kier alpha value is -1.92.